The van der Waals surface area contributed by atoms with Crippen LogP contribution in [0.3, 0.4) is 0 Å². The Labute approximate surface area is 97.7 Å². The van der Waals surface area contributed by atoms with Gasteiger partial charge in [-0.1, -0.05) is 12.8 Å². The van der Waals surface area contributed by atoms with Crippen molar-refractivity contribution in [2.24, 2.45) is 5.92 Å². The minimum atomic E-state index is -3.14. The SMILES string of the molecule is CC(C)(CNC(=O)C1CCCC1)S(C)(=O)=O. The first-order chi connectivity index (χ1) is 7.24. The van der Waals surface area contributed by atoms with Crippen molar-refractivity contribution in [3.8, 4) is 0 Å². The number of rotatable bonds is 4. The molecule has 0 saturated heterocycles. The van der Waals surface area contributed by atoms with Gasteiger partial charge in [0.05, 0.1) is 4.75 Å². The summed E-state index contributed by atoms with van der Waals surface area (Å²) in [5.41, 5.74) is 0. The van der Waals surface area contributed by atoms with Crippen LogP contribution < -0.4 is 5.32 Å². The number of hydrogen-bond donors (Lipinski definition) is 1. The van der Waals surface area contributed by atoms with Crippen LogP contribution in [-0.4, -0.2) is 31.9 Å². The molecular formula is C11H21NO3S. The summed E-state index contributed by atoms with van der Waals surface area (Å²) >= 11 is 0. The van der Waals surface area contributed by atoms with E-state index in [1.807, 2.05) is 0 Å². The molecule has 1 aliphatic rings. The molecule has 0 unspecified atom stereocenters. The fourth-order valence-corrected chi connectivity index (χ4v) is 2.10. The second-order valence-electron chi connectivity index (χ2n) is 5.23. The maximum atomic E-state index is 11.7. The quantitative estimate of drug-likeness (QED) is 0.809. The van der Waals surface area contributed by atoms with E-state index in [0.29, 0.717) is 0 Å². The fourth-order valence-electron chi connectivity index (χ4n) is 1.76. The number of carbonyl (C=O) groups is 1. The zero-order valence-corrected chi connectivity index (χ0v) is 11.1. The van der Waals surface area contributed by atoms with Gasteiger partial charge in [-0.15, -0.1) is 0 Å². The van der Waals surface area contributed by atoms with Crippen LogP contribution in [0.1, 0.15) is 39.5 Å². The van der Waals surface area contributed by atoms with E-state index in [-0.39, 0.29) is 18.4 Å². The minimum absolute atomic E-state index is 0.00854. The second kappa shape index (κ2) is 4.73. The van der Waals surface area contributed by atoms with E-state index < -0.39 is 14.6 Å². The van der Waals surface area contributed by atoms with Gasteiger partial charge in [0.15, 0.2) is 9.84 Å². The van der Waals surface area contributed by atoms with Crippen LogP contribution in [0.15, 0.2) is 0 Å². The van der Waals surface area contributed by atoms with Crippen LogP contribution in [-0.2, 0) is 14.6 Å². The molecule has 0 atom stereocenters. The molecule has 1 fully saturated rings. The average molecular weight is 247 g/mol. The topological polar surface area (TPSA) is 63.2 Å². The molecule has 0 bridgehead atoms. The Balaban J connectivity index is 2.48. The van der Waals surface area contributed by atoms with Crippen LogP contribution in [0.2, 0.25) is 0 Å². The lowest BCUT2D eigenvalue weighted by Gasteiger charge is -2.23. The van der Waals surface area contributed by atoms with E-state index in [2.05, 4.69) is 5.32 Å². The fraction of sp³-hybridized carbons (Fsp3) is 0.909. The van der Waals surface area contributed by atoms with Gasteiger partial charge >= 0.3 is 0 Å². The van der Waals surface area contributed by atoms with Crippen LogP contribution in [0.5, 0.6) is 0 Å². The smallest absolute Gasteiger partial charge is 0.223 e. The predicted octanol–water partition coefficient (Wildman–Crippen LogP) is 1.12. The van der Waals surface area contributed by atoms with Gasteiger partial charge in [-0.3, -0.25) is 4.79 Å². The summed E-state index contributed by atoms with van der Waals surface area (Å²) < 4.78 is 22.0. The molecule has 16 heavy (non-hydrogen) atoms. The van der Waals surface area contributed by atoms with E-state index in [1.165, 1.54) is 6.26 Å². The van der Waals surface area contributed by atoms with Crippen LogP contribution in [0, 0.1) is 5.92 Å². The van der Waals surface area contributed by atoms with Crippen molar-refractivity contribution in [1.82, 2.24) is 5.32 Å². The zero-order valence-electron chi connectivity index (χ0n) is 10.2. The summed E-state index contributed by atoms with van der Waals surface area (Å²) in [6, 6.07) is 0. The first-order valence-electron chi connectivity index (χ1n) is 5.71. The molecule has 1 aliphatic carbocycles. The Kier molecular flexibility index (Phi) is 3.99. The van der Waals surface area contributed by atoms with Gasteiger partial charge < -0.3 is 5.32 Å². The van der Waals surface area contributed by atoms with Crippen LogP contribution in [0.25, 0.3) is 0 Å². The van der Waals surface area contributed by atoms with Crippen molar-refractivity contribution < 1.29 is 13.2 Å². The molecule has 0 aromatic carbocycles. The Hall–Kier alpha value is -0.580. The highest BCUT2D eigenvalue weighted by Gasteiger charge is 2.32. The van der Waals surface area contributed by atoms with Gasteiger partial charge in [0, 0.05) is 18.7 Å². The molecule has 4 nitrogen and oxygen atoms in total. The Morgan fingerprint density at radius 2 is 1.81 bits per heavy atom. The van der Waals surface area contributed by atoms with Crippen LogP contribution in [0.4, 0.5) is 0 Å². The lowest BCUT2D eigenvalue weighted by atomic mass is 10.1. The summed E-state index contributed by atoms with van der Waals surface area (Å²) in [4.78, 5) is 11.7. The van der Waals surface area contributed by atoms with Crippen molar-refractivity contribution in [2.75, 3.05) is 12.8 Å². The van der Waals surface area contributed by atoms with E-state index in [1.54, 1.807) is 13.8 Å². The summed E-state index contributed by atoms with van der Waals surface area (Å²) in [5, 5.41) is 2.75. The van der Waals surface area contributed by atoms with E-state index in [4.69, 9.17) is 0 Å². The number of sulfone groups is 1. The maximum absolute atomic E-state index is 11.7. The number of amides is 1. The van der Waals surface area contributed by atoms with E-state index in [9.17, 15) is 13.2 Å². The summed E-state index contributed by atoms with van der Waals surface area (Å²) in [5.74, 6) is 0.101. The standard InChI is InChI=1S/C11H21NO3S/c1-11(2,16(3,14)15)8-12-10(13)9-6-4-5-7-9/h9H,4-8H2,1-3H3,(H,12,13). The molecule has 0 aromatic rings. The number of nitrogens with one attached hydrogen (secondary N) is 1. The van der Waals surface area contributed by atoms with Gasteiger partial charge in [-0.25, -0.2) is 8.42 Å². The molecule has 0 spiro atoms. The molecular weight excluding hydrogens is 226 g/mol. The molecule has 1 amide bonds. The minimum Gasteiger partial charge on any atom is -0.354 e. The lowest BCUT2D eigenvalue weighted by Crippen LogP contribution is -2.45. The molecule has 0 heterocycles. The third-order valence-corrected chi connectivity index (χ3v) is 5.57. The predicted molar refractivity (Wildman–Crippen MR) is 63.9 cm³/mol. The molecule has 0 radical (unpaired) electrons. The highest BCUT2D eigenvalue weighted by Crippen LogP contribution is 2.25. The van der Waals surface area contributed by atoms with Crippen molar-refractivity contribution in [3.05, 3.63) is 0 Å². The summed E-state index contributed by atoms with van der Waals surface area (Å²) in [6.07, 6.45) is 5.28. The highest BCUT2D eigenvalue weighted by molar-refractivity contribution is 7.92. The molecule has 1 N–H and O–H groups in total. The molecule has 1 rings (SSSR count). The Bertz CT molecular complexity index is 353. The van der Waals surface area contributed by atoms with Crippen LogP contribution >= 0.6 is 0 Å². The average Bonchev–Trinajstić information content (AvgIpc) is 2.65. The number of carbonyl (C=O) groups excluding carboxylic acids is 1. The lowest BCUT2D eigenvalue weighted by molar-refractivity contribution is -0.124. The number of hydrogen-bond acceptors (Lipinski definition) is 3. The molecule has 0 aliphatic heterocycles. The van der Waals surface area contributed by atoms with Crippen molar-refractivity contribution in [2.45, 2.75) is 44.3 Å². The van der Waals surface area contributed by atoms with E-state index in [0.717, 1.165) is 25.7 Å². The summed E-state index contributed by atoms with van der Waals surface area (Å²) in [7, 11) is -3.14. The zero-order chi connectivity index (χ0) is 12.4. The normalized spacial score (nSPS) is 18.7. The Morgan fingerprint density at radius 1 is 1.31 bits per heavy atom. The summed E-state index contributed by atoms with van der Waals surface area (Å²) in [6.45, 7) is 3.47. The van der Waals surface area contributed by atoms with Gasteiger partial charge in [0.1, 0.15) is 0 Å². The van der Waals surface area contributed by atoms with E-state index >= 15 is 0 Å². The monoisotopic (exact) mass is 247 g/mol. The molecule has 1 saturated carbocycles. The Morgan fingerprint density at radius 3 is 2.25 bits per heavy atom. The van der Waals surface area contributed by atoms with Gasteiger partial charge in [0.25, 0.3) is 0 Å². The van der Waals surface area contributed by atoms with Gasteiger partial charge in [-0.05, 0) is 26.7 Å². The largest absolute Gasteiger partial charge is 0.354 e. The first kappa shape index (κ1) is 13.5. The first-order valence-corrected chi connectivity index (χ1v) is 7.60. The third kappa shape index (κ3) is 3.20. The van der Waals surface area contributed by atoms with Crippen molar-refractivity contribution >= 4 is 15.7 Å². The second-order valence-corrected chi connectivity index (χ2v) is 7.88. The molecule has 0 aromatic heterocycles. The molecule has 94 valence electrons. The maximum Gasteiger partial charge on any atom is 0.223 e. The molecule has 5 heteroatoms. The van der Waals surface area contributed by atoms with Gasteiger partial charge in [0.2, 0.25) is 5.91 Å². The highest BCUT2D eigenvalue weighted by atomic mass is 32.2. The van der Waals surface area contributed by atoms with Gasteiger partial charge in [-0.2, -0.15) is 0 Å². The van der Waals surface area contributed by atoms with Crippen molar-refractivity contribution in [1.29, 1.82) is 0 Å². The van der Waals surface area contributed by atoms with Crippen molar-refractivity contribution in [3.63, 3.8) is 0 Å². The third-order valence-electron chi connectivity index (χ3n) is 3.42.